The second kappa shape index (κ2) is 6.74. The second-order valence-electron chi connectivity index (χ2n) is 5.33. The number of hydrogen-bond donors (Lipinski definition) is 2. The van der Waals surface area contributed by atoms with Crippen molar-refractivity contribution in [2.24, 2.45) is 0 Å². The van der Waals surface area contributed by atoms with Crippen molar-refractivity contribution < 1.29 is 4.79 Å². The van der Waals surface area contributed by atoms with E-state index in [2.05, 4.69) is 25.5 Å². The zero-order valence-corrected chi connectivity index (χ0v) is 13.3. The minimum atomic E-state index is -0.304. The van der Waals surface area contributed by atoms with E-state index in [0.29, 0.717) is 10.8 Å². The Balaban J connectivity index is 1.57. The van der Waals surface area contributed by atoms with Crippen molar-refractivity contribution in [2.75, 3.05) is 28.6 Å². The Morgan fingerprint density at radius 1 is 1.23 bits per heavy atom. The molecule has 22 heavy (non-hydrogen) atoms. The summed E-state index contributed by atoms with van der Waals surface area (Å²) in [5.74, 6) is 0.973. The molecule has 0 saturated carbocycles. The fourth-order valence-corrected chi connectivity index (χ4v) is 3.12. The van der Waals surface area contributed by atoms with Crippen LogP contribution in [0.1, 0.15) is 25.0 Å². The lowest BCUT2D eigenvalue weighted by Gasteiger charge is -2.27. The fourth-order valence-electron chi connectivity index (χ4n) is 2.44. The highest BCUT2D eigenvalue weighted by atomic mass is 32.1. The molecule has 116 valence electrons. The Bertz CT molecular complexity index is 634. The Morgan fingerprint density at radius 2 is 2.05 bits per heavy atom. The van der Waals surface area contributed by atoms with Crippen molar-refractivity contribution in [3.8, 4) is 0 Å². The highest BCUT2D eigenvalue weighted by molar-refractivity contribution is 7.13. The molecule has 1 fully saturated rings. The first-order valence-corrected chi connectivity index (χ1v) is 8.30. The molecule has 2 N–H and O–H groups in total. The van der Waals surface area contributed by atoms with Gasteiger partial charge in [0.15, 0.2) is 5.13 Å². The molecule has 2 amide bonds. The molecule has 0 radical (unpaired) electrons. The maximum Gasteiger partial charge on any atom is 0.325 e. The van der Waals surface area contributed by atoms with Gasteiger partial charge in [-0.1, -0.05) is 0 Å². The minimum Gasteiger partial charge on any atom is -0.357 e. The molecule has 0 bridgehead atoms. The lowest BCUT2D eigenvalue weighted by atomic mass is 10.1. The molecule has 0 aliphatic carbocycles. The van der Waals surface area contributed by atoms with E-state index in [1.807, 2.05) is 24.4 Å². The van der Waals surface area contributed by atoms with Crippen LogP contribution in [0.25, 0.3) is 0 Å². The predicted octanol–water partition coefficient (Wildman–Crippen LogP) is 3.48. The van der Waals surface area contributed by atoms with E-state index in [0.717, 1.165) is 24.6 Å². The molecule has 0 spiro atoms. The molecule has 6 nitrogen and oxygen atoms in total. The van der Waals surface area contributed by atoms with E-state index in [1.165, 1.54) is 30.6 Å². The van der Waals surface area contributed by atoms with Gasteiger partial charge in [-0.2, -0.15) is 0 Å². The number of rotatable bonds is 3. The lowest BCUT2D eigenvalue weighted by Crippen LogP contribution is -2.30. The van der Waals surface area contributed by atoms with E-state index in [9.17, 15) is 4.79 Å². The van der Waals surface area contributed by atoms with Gasteiger partial charge < -0.3 is 10.2 Å². The van der Waals surface area contributed by atoms with Gasteiger partial charge in [0.2, 0.25) is 0 Å². The van der Waals surface area contributed by atoms with E-state index >= 15 is 0 Å². The molecular formula is C15H19N5OS. The lowest BCUT2D eigenvalue weighted by molar-refractivity contribution is 0.262. The van der Waals surface area contributed by atoms with Crippen LogP contribution in [0.5, 0.6) is 0 Å². The molecule has 2 aromatic rings. The summed E-state index contributed by atoms with van der Waals surface area (Å²) in [6.45, 7) is 4.01. The molecule has 1 aliphatic rings. The third-order valence-electron chi connectivity index (χ3n) is 3.53. The minimum absolute atomic E-state index is 0.304. The summed E-state index contributed by atoms with van der Waals surface area (Å²) < 4.78 is 0. The number of aryl methyl sites for hydroxylation is 1. The normalized spacial score (nSPS) is 14.7. The van der Waals surface area contributed by atoms with Crippen molar-refractivity contribution in [1.29, 1.82) is 0 Å². The van der Waals surface area contributed by atoms with Crippen LogP contribution in [0, 0.1) is 6.92 Å². The van der Waals surface area contributed by atoms with Crippen LogP contribution in [0.2, 0.25) is 0 Å². The first-order valence-electron chi connectivity index (χ1n) is 7.42. The molecular weight excluding hydrogens is 298 g/mol. The van der Waals surface area contributed by atoms with Crippen LogP contribution < -0.4 is 15.5 Å². The zero-order valence-electron chi connectivity index (χ0n) is 12.5. The molecule has 1 saturated heterocycles. The first-order chi connectivity index (χ1) is 10.7. The Hall–Kier alpha value is -2.15. The average Bonchev–Trinajstić information content (AvgIpc) is 2.94. The van der Waals surface area contributed by atoms with Crippen molar-refractivity contribution in [3.05, 3.63) is 29.4 Å². The SMILES string of the molecule is Cc1csc(NC(=O)Nc2ccc(N3CCCCC3)nc2)n1. The monoisotopic (exact) mass is 317 g/mol. The van der Waals surface area contributed by atoms with Crippen molar-refractivity contribution in [3.63, 3.8) is 0 Å². The van der Waals surface area contributed by atoms with Crippen LogP contribution in [0.15, 0.2) is 23.7 Å². The number of carbonyl (C=O) groups is 1. The van der Waals surface area contributed by atoms with Crippen LogP contribution in [0.4, 0.5) is 21.4 Å². The Labute approximate surface area is 133 Å². The van der Waals surface area contributed by atoms with Gasteiger partial charge in [0.1, 0.15) is 5.82 Å². The third-order valence-corrected chi connectivity index (χ3v) is 4.40. The molecule has 0 atom stereocenters. The van der Waals surface area contributed by atoms with Gasteiger partial charge >= 0.3 is 6.03 Å². The molecule has 1 aliphatic heterocycles. The van der Waals surface area contributed by atoms with Gasteiger partial charge in [0, 0.05) is 18.5 Å². The maximum absolute atomic E-state index is 11.9. The Kier molecular flexibility index (Phi) is 4.53. The highest BCUT2D eigenvalue weighted by Crippen LogP contribution is 2.19. The second-order valence-corrected chi connectivity index (χ2v) is 6.18. The average molecular weight is 317 g/mol. The van der Waals surface area contributed by atoms with E-state index < -0.39 is 0 Å². The number of amides is 2. The van der Waals surface area contributed by atoms with Crippen molar-refractivity contribution in [2.45, 2.75) is 26.2 Å². The summed E-state index contributed by atoms with van der Waals surface area (Å²) in [4.78, 5) is 22.8. The highest BCUT2D eigenvalue weighted by Gasteiger charge is 2.12. The molecule has 3 heterocycles. The number of pyridine rings is 1. The van der Waals surface area contributed by atoms with Crippen LogP contribution >= 0.6 is 11.3 Å². The van der Waals surface area contributed by atoms with Crippen LogP contribution in [0.3, 0.4) is 0 Å². The van der Waals surface area contributed by atoms with E-state index in [-0.39, 0.29) is 6.03 Å². The van der Waals surface area contributed by atoms with Crippen LogP contribution in [-0.4, -0.2) is 29.1 Å². The van der Waals surface area contributed by atoms with Gasteiger partial charge in [-0.05, 0) is 38.3 Å². The third kappa shape index (κ3) is 3.73. The quantitative estimate of drug-likeness (QED) is 0.909. The summed E-state index contributed by atoms with van der Waals surface area (Å²) in [7, 11) is 0. The van der Waals surface area contributed by atoms with Gasteiger partial charge in [-0.25, -0.2) is 14.8 Å². The van der Waals surface area contributed by atoms with Crippen molar-refractivity contribution in [1.82, 2.24) is 9.97 Å². The fraction of sp³-hybridized carbons (Fsp3) is 0.400. The molecule has 7 heteroatoms. The van der Waals surface area contributed by atoms with E-state index in [4.69, 9.17) is 0 Å². The topological polar surface area (TPSA) is 70.2 Å². The number of nitrogens with zero attached hydrogens (tertiary/aromatic N) is 3. The van der Waals surface area contributed by atoms with Gasteiger partial charge in [-0.3, -0.25) is 5.32 Å². The molecule has 2 aromatic heterocycles. The summed E-state index contributed by atoms with van der Waals surface area (Å²) in [6.07, 6.45) is 5.43. The largest absolute Gasteiger partial charge is 0.357 e. The summed E-state index contributed by atoms with van der Waals surface area (Å²) in [5.41, 5.74) is 1.57. The number of urea groups is 1. The number of hydrogen-bond acceptors (Lipinski definition) is 5. The number of nitrogens with one attached hydrogen (secondary N) is 2. The number of aromatic nitrogens is 2. The Morgan fingerprint density at radius 3 is 2.68 bits per heavy atom. The first kappa shape index (κ1) is 14.8. The predicted molar refractivity (Wildman–Crippen MR) is 89.8 cm³/mol. The number of anilines is 3. The molecule has 0 unspecified atom stereocenters. The number of piperidine rings is 1. The number of thiazole rings is 1. The van der Waals surface area contributed by atoms with Gasteiger partial charge in [0.05, 0.1) is 17.6 Å². The summed E-state index contributed by atoms with van der Waals surface area (Å²) in [5, 5.41) is 7.96. The van der Waals surface area contributed by atoms with Gasteiger partial charge in [-0.15, -0.1) is 11.3 Å². The summed E-state index contributed by atoms with van der Waals surface area (Å²) >= 11 is 1.40. The smallest absolute Gasteiger partial charge is 0.325 e. The number of carbonyl (C=O) groups excluding carboxylic acids is 1. The molecule has 3 rings (SSSR count). The standard InChI is InChI=1S/C15H19N5OS/c1-11-10-22-15(17-11)19-14(21)18-12-5-6-13(16-9-12)20-7-3-2-4-8-20/h5-6,9-10H,2-4,7-8H2,1H3,(H2,17,18,19,21). The zero-order chi connectivity index (χ0) is 15.4. The summed E-state index contributed by atoms with van der Waals surface area (Å²) in [6, 6.07) is 3.53. The molecule has 0 aromatic carbocycles. The maximum atomic E-state index is 11.9. The van der Waals surface area contributed by atoms with E-state index in [1.54, 1.807) is 6.20 Å². The van der Waals surface area contributed by atoms with Crippen molar-refractivity contribution >= 4 is 34.0 Å². The van der Waals surface area contributed by atoms with Gasteiger partial charge in [0.25, 0.3) is 0 Å². The van der Waals surface area contributed by atoms with Crippen LogP contribution in [-0.2, 0) is 0 Å².